The lowest BCUT2D eigenvalue weighted by Gasteiger charge is -2.37. The summed E-state index contributed by atoms with van der Waals surface area (Å²) in [5.41, 5.74) is 0.941. The number of nitrogens with one attached hydrogen (secondary N) is 1. The van der Waals surface area contributed by atoms with E-state index in [1.54, 1.807) is 12.1 Å². The van der Waals surface area contributed by atoms with Gasteiger partial charge in [0.25, 0.3) is 0 Å². The summed E-state index contributed by atoms with van der Waals surface area (Å²) in [6, 6.07) is 5.24. The van der Waals surface area contributed by atoms with E-state index in [1.165, 1.54) is 7.11 Å². The van der Waals surface area contributed by atoms with Crippen molar-refractivity contribution in [1.29, 1.82) is 0 Å². The number of amides is 1. The molecule has 0 radical (unpaired) electrons. The molecule has 2 N–H and O–H groups in total. The van der Waals surface area contributed by atoms with Gasteiger partial charge in [0.05, 0.1) is 13.2 Å². The van der Waals surface area contributed by atoms with Gasteiger partial charge in [-0.25, -0.2) is 4.79 Å². The van der Waals surface area contributed by atoms with Crippen molar-refractivity contribution < 1.29 is 24.2 Å². The van der Waals surface area contributed by atoms with Gasteiger partial charge in [-0.15, -0.1) is 0 Å². The number of hydrogen-bond acceptors (Lipinski definition) is 5. The van der Waals surface area contributed by atoms with E-state index in [9.17, 15) is 9.59 Å². The first-order chi connectivity index (χ1) is 11.4. The Morgan fingerprint density at radius 2 is 2.17 bits per heavy atom. The third kappa shape index (κ3) is 4.38. The van der Waals surface area contributed by atoms with Crippen LogP contribution in [0.15, 0.2) is 18.2 Å². The molecule has 0 spiro atoms. The van der Waals surface area contributed by atoms with Gasteiger partial charge in [-0.2, -0.15) is 0 Å². The minimum Gasteiger partial charge on any atom is -0.493 e. The van der Waals surface area contributed by atoms with Gasteiger partial charge in [-0.05, 0) is 23.6 Å². The second kappa shape index (κ2) is 8.01. The van der Waals surface area contributed by atoms with E-state index in [-0.39, 0.29) is 17.9 Å². The molecule has 0 bridgehead atoms. The fraction of sp³-hybridized carbons (Fsp3) is 0.529. The molecule has 1 atom stereocenters. The maximum absolute atomic E-state index is 12.1. The highest BCUT2D eigenvalue weighted by Gasteiger charge is 2.32. The van der Waals surface area contributed by atoms with Crippen LogP contribution in [0.3, 0.4) is 0 Å². The third-order valence-corrected chi connectivity index (χ3v) is 3.96. The van der Waals surface area contributed by atoms with Crippen LogP contribution in [0, 0.1) is 5.92 Å². The van der Waals surface area contributed by atoms with Crippen LogP contribution in [-0.4, -0.2) is 54.7 Å². The van der Waals surface area contributed by atoms with E-state index >= 15 is 0 Å². The summed E-state index contributed by atoms with van der Waals surface area (Å²) in [5, 5.41) is 11.7. The second-order valence-electron chi connectivity index (χ2n) is 6.12. The molecule has 7 heteroatoms. The van der Waals surface area contributed by atoms with Gasteiger partial charge < -0.3 is 19.9 Å². The zero-order chi connectivity index (χ0) is 17.7. The molecular weight excluding hydrogens is 312 g/mol. The van der Waals surface area contributed by atoms with Crippen LogP contribution in [0.25, 0.3) is 0 Å². The Morgan fingerprint density at radius 1 is 1.42 bits per heavy atom. The average Bonchev–Trinajstić information content (AvgIpc) is 2.52. The standard InChI is InChI=1S/C17H24N2O5/c1-11(2)16-17(22)18-6-7-19(16)9-12-4-5-13(23-3)14(8-12)24-10-15(20)21/h4-5,8,11,16H,6-7,9-10H2,1-3H3,(H,18,22)(H,20,21)/t16-/m0/s1. The van der Waals surface area contributed by atoms with E-state index in [0.29, 0.717) is 24.6 Å². The largest absolute Gasteiger partial charge is 0.493 e. The van der Waals surface area contributed by atoms with Gasteiger partial charge in [0.1, 0.15) is 0 Å². The van der Waals surface area contributed by atoms with Gasteiger partial charge in [-0.1, -0.05) is 19.9 Å². The van der Waals surface area contributed by atoms with Crippen LogP contribution in [0.4, 0.5) is 0 Å². The molecule has 1 aromatic rings. The predicted molar refractivity (Wildman–Crippen MR) is 88.2 cm³/mol. The Balaban J connectivity index is 2.17. The molecule has 1 heterocycles. The van der Waals surface area contributed by atoms with Gasteiger partial charge in [0, 0.05) is 19.6 Å². The predicted octanol–water partition coefficient (Wildman–Crippen LogP) is 1.11. The summed E-state index contributed by atoms with van der Waals surface area (Å²) in [6.45, 7) is 5.60. The first kappa shape index (κ1) is 18.1. The number of carboxylic acids is 1. The molecule has 24 heavy (non-hydrogen) atoms. The molecule has 0 unspecified atom stereocenters. The minimum absolute atomic E-state index is 0.0483. The van der Waals surface area contributed by atoms with Crippen molar-refractivity contribution in [3.63, 3.8) is 0 Å². The summed E-state index contributed by atoms with van der Waals surface area (Å²) < 4.78 is 10.5. The normalized spacial score (nSPS) is 18.3. The maximum Gasteiger partial charge on any atom is 0.341 e. The van der Waals surface area contributed by atoms with Gasteiger partial charge in [-0.3, -0.25) is 9.69 Å². The zero-order valence-electron chi connectivity index (χ0n) is 14.2. The number of piperazine rings is 1. The van der Waals surface area contributed by atoms with Crippen LogP contribution in [-0.2, 0) is 16.1 Å². The summed E-state index contributed by atoms with van der Waals surface area (Å²) in [5.74, 6) is 0.0742. The smallest absolute Gasteiger partial charge is 0.341 e. The highest BCUT2D eigenvalue weighted by molar-refractivity contribution is 5.82. The molecule has 0 aromatic heterocycles. The van der Waals surface area contributed by atoms with Gasteiger partial charge in [0.15, 0.2) is 18.1 Å². The number of benzene rings is 1. The second-order valence-corrected chi connectivity index (χ2v) is 6.12. The monoisotopic (exact) mass is 336 g/mol. The number of carbonyl (C=O) groups excluding carboxylic acids is 1. The summed E-state index contributed by atoms with van der Waals surface area (Å²) in [4.78, 5) is 25.0. The average molecular weight is 336 g/mol. The number of carbonyl (C=O) groups is 2. The van der Waals surface area contributed by atoms with Crippen molar-refractivity contribution in [3.05, 3.63) is 23.8 Å². The van der Waals surface area contributed by atoms with E-state index < -0.39 is 12.6 Å². The Labute approximate surface area is 141 Å². The molecular formula is C17H24N2O5. The minimum atomic E-state index is -1.05. The molecule has 7 nitrogen and oxygen atoms in total. The molecule has 132 valence electrons. The zero-order valence-corrected chi connectivity index (χ0v) is 14.2. The molecule has 1 amide bonds. The molecule has 0 saturated carbocycles. The number of rotatable bonds is 7. The van der Waals surface area contributed by atoms with Crippen LogP contribution < -0.4 is 14.8 Å². The SMILES string of the molecule is COc1ccc(CN2CCNC(=O)[C@@H]2C(C)C)cc1OCC(=O)O. The maximum atomic E-state index is 12.1. The molecule has 2 rings (SSSR count). The number of methoxy groups -OCH3 is 1. The number of carboxylic acid groups (broad SMARTS) is 1. The van der Waals surface area contributed by atoms with Crippen molar-refractivity contribution in [2.75, 3.05) is 26.8 Å². The Bertz CT molecular complexity index is 603. The lowest BCUT2D eigenvalue weighted by atomic mass is 9.99. The fourth-order valence-corrected chi connectivity index (χ4v) is 2.94. The summed E-state index contributed by atoms with van der Waals surface area (Å²) in [7, 11) is 1.51. The molecule has 1 fully saturated rings. The number of nitrogens with zero attached hydrogens (tertiary/aromatic N) is 1. The van der Waals surface area contributed by atoms with E-state index in [4.69, 9.17) is 14.6 Å². The van der Waals surface area contributed by atoms with Crippen LogP contribution >= 0.6 is 0 Å². The molecule has 1 aliphatic rings. The lowest BCUT2D eigenvalue weighted by molar-refractivity contribution is -0.139. The Kier molecular flexibility index (Phi) is 6.03. The van der Waals surface area contributed by atoms with E-state index in [1.807, 2.05) is 19.9 Å². The number of ether oxygens (including phenoxy) is 2. The molecule has 1 saturated heterocycles. The highest BCUT2D eigenvalue weighted by atomic mass is 16.5. The number of hydrogen-bond donors (Lipinski definition) is 2. The van der Waals surface area contributed by atoms with E-state index in [0.717, 1.165) is 12.1 Å². The third-order valence-electron chi connectivity index (χ3n) is 3.96. The molecule has 1 aliphatic heterocycles. The number of aliphatic carboxylic acids is 1. The highest BCUT2D eigenvalue weighted by Crippen LogP contribution is 2.29. The van der Waals surface area contributed by atoms with Crippen molar-refractivity contribution in [2.45, 2.75) is 26.4 Å². The Hall–Kier alpha value is -2.28. The van der Waals surface area contributed by atoms with Crippen molar-refractivity contribution in [2.24, 2.45) is 5.92 Å². The molecule has 0 aliphatic carbocycles. The van der Waals surface area contributed by atoms with Crippen LogP contribution in [0.2, 0.25) is 0 Å². The van der Waals surface area contributed by atoms with Crippen molar-refractivity contribution in [1.82, 2.24) is 10.2 Å². The van der Waals surface area contributed by atoms with Crippen molar-refractivity contribution >= 4 is 11.9 Å². The summed E-state index contributed by atoms with van der Waals surface area (Å²) in [6.07, 6.45) is 0. The fourth-order valence-electron chi connectivity index (χ4n) is 2.94. The first-order valence-corrected chi connectivity index (χ1v) is 7.95. The van der Waals surface area contributed by atoms with Gasteiger partial charge >= 0.3 is 5.97 Å². The van der Waals surface area contributed by atoms with Crippen LogP contribution in [0.5, 0.6) is 11.5 Å². The van der Waals surface area contributed by atoms with Crippen LogP contribution in [0.1, 0.15) is 19.4 Å². The molecule has 1 aromatic carbocycles. The topological polar surface area (TPSA) is 88.1 Å². The Morgan fingerprint density at radius 3 is 2.79 bits per heavy atom. The quantitative estimate of drug-likeness (QED) is 0.776. The summed E-state index contributed by atoms with van der Waals surface area (Å²) >= 11 is 0. The first-order valence-electron chi connectivity index (χ1n) is 7.95. The van der Waals surface area contributed by atoms with Crippen molar-refractivity contribution in [3.8, 4) is 11.5 Å². The lowest BCUT2D eigenvalue weighted by Crippen LogP contribution is -2.56. The van der Waals surface area contributed by atoms with E-state index in [2.05, 4.69) is 10.2 Å². The van der Waals surface area contributed by atoms with Gasteiger partial charge in [0.2, 0.25) is 5.91 Å².